The molecule has 0 N–H and O–H groups in total. The van der Waals surface area contributed by atoms with E-state index in [0.29, 0.717) is 29.1 Å². The van der Waals surface area contributed by atoms with Crippen molar-refractivity contribution in [1.29, 1.82) is 0 Å². The number of allylic oxidation sites excluding steroid dienone is 4. The zero-order chi connectivity index (χ0) is 22.6. The van der Waals surface area contributed by atoms with E-state index in [1.165, 1.54) is 18.3 Å². The predicted molar refractivity (Wildman–Crippen MR) is 126 cm³/mol. The summed E-state index contributed by atoms with van der Waals surface area (Å²) >= 11 is 0. The first kappa shape index (κ1) is 24.3. The lowest BCUT2D eigenvalue weighted by Gasteiger charge is -2.14. The Bertz CT molecular complexity index is 991. The van der Waals surface area contributed by atoms with Gasteiger partial charge in [-0.2, -0.15) is 0 Å². The largest absolute Gasteiger partial charge is 0.493 e. The maximum atomic E-state index is 12.7. The molecule has 0 atom stereocenters. The topological polar surface area (TPSA) is 57.9 Å². The van der Waals surface area contributed by atoms with Gasteiger partial charge < -0.3 is 18.6 Å². The van der Waals surface area contributed by atoms with Gasteiger partial charge in [-0.05, 0) is 64.7 Å². The fraction of sp³-hybridized carbons (Fsp3) is 0.423. The number of benzene rings is 1. The van der Waals surface area contributed by atoms with Crippen LogP contribution in [0.15, 0.2) is 62.9 Å². The van der Waals surface area contributed by atoms with Crippen LogP contribution in [0.1, 0.15) is 53.4 Å². The van der Waals surface area contributed by atoms with Gasteiger partial charge in [0.05, 0.1) is 19.1 Å². The maximum absolute atomic E-state index is 12.7. The number of fused-ring (bicyclic) bond motifs is 1. The summed E-state index contributed by atoms with van der Waals surface area (Å²) in [5.74, 6) is 0.964. The minimum Gasteiger partial charge on any atom is -0.493 e. The van der Waals surface area contributed by atoms with E-state index in [4.69, 9.17) is 18.6 Å². The van der Waals surface area contributed by atoms with Crippen LogP contribution in [0.2, 0.25) is 0 Å². The number of methoxy groups -OCH3 is 1. The molecule has 31 heavy (non-hydrogen) atoms. The molecular weight excluding hydrogens is 392 g/mol. The highest BCUT2D eigenvalue weighted by Crippen LogP contribution is 2.36. The van der Waals surface area contributed by atoms with Crippen LogP contribution in [-0.2, 0) is 0 Å². The third-order valence-electron chi connectivity index (χ3n) is 4.71. The van der Waals surface area contributed by atoms with Crippen molar-refractivity contribution in [3.05, 3.63) is 64.1 Å². The molecule has 168 valence electrons. The molecule has 5 nitrogen and oxygen atoms in total. The van der Waals surface area contributed by atoms with E-state index in [0.717, 1.165) is 25.7 Å². The fourth-order valence-electron chi connectivity index (χ4n) is 3.05. The third kappa shape index (κ3) is 7.35. The van der Waals surface area contributed by atoms with Crippen LogP contribution in [0, 0.1) is 0 Å². The number of hydrogen-bond acceptors (Lipinski definition) is 5. The third-order valence-corrected chi connectivity index (χ3v) is 4.71. The molecule has 2 rings (SSSR count). The van der Waals surface area contributed by atoms with Gasteiger partial charge in [0.15, 0.2) is 17.1 Å². The molecule has 0 radical (unpaired) electrons. The summed E-state index contributed by atoms with van der Waals surface area (Å²) in [7, 11) is 1.54. The fourth-order valence-corrected chi connectivity index (χ4v) is 3.05. The van der Waals surface area contributed by atoms with Crippen molar-refractivity contribution in [3.8, 4) is 17.2 Å². The van der Waals surface area contributed by atoms with E-state index in [1.54, 1.807) is 6.07 Å². The van der Waals surface area contributed by atoms with Gasteiger partial charge in [0.25, 0.3) is 0 Å². The lowest BCUT2D eigenvalue weighted by molar-refractivity contribution is 0.279. The summed E-state index contributed by atoms with van der Waals surface area (Å²) in [5, 5.41) is 0.651. The first-order valence-corrected chi connectivity index (χ1v) is 10.8. The lowest BCUT2D eigenvalue weighted by Crippen LogP contribution is -2.11. The molecular formula is C26H34O5. The average molecular weight is 427 g/mol. The summed E-state index contributed by atoms with van der Waals surface area (Å²) in [6, 6.07) is 5.42. The van der Waals surface area contributed by atoms with Crippen LogP contribution >= 0.6 is 0 Å². The molecule has 0 bridgehead atoms. The molecule has 1 heterocycles. The van der Waals surface area contributed by atoms with Gasteiger partial charge in [-0.1, -0.05) is 42.4 Å². The monoisotopic (exact) mass is 426 g/mol. The highest BCUT2D eigenvalue weighted by atomic mass is 16.5. The number of ether oxygens (including phenoxy) is 3. The Morgan fingerprint density at radius 1 is 1.03 bits per heavy atom. The normalized spacial score (nSPS) is 11.7. The van der Waals surface area contributed by atoms with Crippen molar-refractivity contribution in [1.82, 2.24) is 0 Å². The SMILES string of the molecule is CC/C=C/CCOc1c(OC/C=C(\C)CCC=C(C)C)c(=O)oc2c(OC)cccc12. The maximum Gasteiger partial charge on any atom is 0.383 e. The van der Waals surface area contributed by atoms with Crippen LogP contribution in [0.25, 0.3) is 11.0 Å². The van der Waals surface area contributed by atoms with E-state index in [2.05, 4.69) is 45.9 Å². The van der Waals surface area contributed by atoms with Crippen molar-refractivity contribution in [2.24, 2.45) is 0 Å². The minimum atomic E-state index is -0.577. The highest BCUT2D eigenvalue weighted by Gasteiger charge is 2.19. The Morgan fingerprint density at radius 3 is 2.55 bits per heavy atom. The Morgan fingerprint density at radius 2 is 1.84 bits per heavy atom. The molecule has 1 aromatic carbocycles. The second kappa shape index (κ2) is 12.7. The quantitative estimate of drug-likeness (QED) is 0.217. The van der Waals surface area contributed by atoms with E-state index >= 15 is 0 Å². The zero-order valence-electron chi connectivity index (χ0n) is 19.3. The Kier molecular flexibility index (Phi) is 9.95. The second-order valence-electron chi connectivity index (χ2n) is 7.58. The van der Waals surface area contributed by atoms with Gasteiger partial charge in [-0.3, -0.25) is 0 Å². The molecule has 1 aromatic heterocycles. The van der Waals surface area contributed by atoms with Gasteiger partial charge in [-0.15, -0.1) is 0 Å². The summed E-state index contributed by atoms with van der Waals surface area (Å²) in [6.45, 7) is 9.03. The number of hydrogen-bond donors (Lipinski definition) is 0. The van der Waals surface area contributed by atoms with Crippen LogP contribution in [0.3, 0.4) is 0 Å². The molecule has 0 saturated heterocycles. The Balaban J connectivity index is 2.27. The van der Waals surface area contributed by atoms with Gasteiger partial charge in [-0.25, -0.2) is 4.79 Å². The summed E-state index contributed by atoms with van der Waals surface area (Å²) in [4.78, 5) is 12.7. The molecule has 5 heteroatoms. The highest BCUT2D eigenvalue weighted by molar-refractivity contribution is 5.89. The van der Waals surface area contributed by atoms with Gasteiger partial charge in [0.1, 0.15) is 6.61 Å². The van der Waals surface area contributed by atoms with Crippen LogP contribution in [0.5, 0.6) is 17.2 Å². The van der Waals surface area contributed by atoms with Gasteiger partial charge >= 0.3 is 5.63 Å². The molecule has 0 aliphatic heterocycles. The lowest BCUT2D eigenvalue weighted by atomic mass is 10.1. The van der Waals surface area contributed by atoms with Crippen LogP contribution < -0.4 is 19.8 Å². The standard InChI is InChI=1S/C26H34O5/c1-6-7-8-9-17-29-24-21-14-11-15-22(28-5)23(21)31-26(27)25(24)30-18-16-20(4)13-10-12-19(2)3/h7-8,11-12,14-16H,6,9-10,13,17-18H2,1-5H3/b8-7+,20-16+. The molecule has 0 aliphatic rings. The van der Waals surface area contributed by atoms with E-state index in [9.17, 15) is 4.79 Å². The first-order valence-electron chi connectivity index (χ1n) is 10.8. The van der Waals surface area contributed by atoms with Gasteiger partial charge in [0.2, 0.25) is 5.75 Å². The smallest absolute Gasteiger partial charge is 0.383 e. The molecule has 0 aliphatic carbocycles. The summed E-state index contributed by atoms with van der Waals surface area (Å²) in [5.41, 5.74) is 2.29. The molecule has 2 aromatic rings. The van der Waals surface area contributed by atoms with Crippen molar-refractivity contribution >= 4 is 11.0 Å². The van der Waals surface area contributed by atoms with Crippen LogP contribution in [-0.4, -0.2) is 20.3 Å². The van der Waals surface area contributed by atoms with Crippen molar-refractivity contribution in [3.63, 3.8) is 0 Å². The average Bonchev–Trinajstić information content (AvgIpc) is 2.74. The minimum absolute atomic E-state index is 0.0913. The molecule has 0 saturated carbocycles. The van der Waals surface area contributed by atoms with Crippen molar-refractivity contribution in [2.75, 3.05) is 20.3 Å². The van der Waals surface area contributed by atoms with Crippen molar-refractivity contribution in [2.45, 2.75) is 53.4 Å². The second-order valence-corrected chi connectivity index (χ2v) is 7.58. The van der Waals surface area contributed by atoms with Crippen molar-refractivity contribution < 1.29 is 18.6 Å². The Labute approximate surface area is 185 Å². The molecule has 0 fully saturated rings. The molecule has 0 unspecified atom stereocenters. The number of para-hydroxylation sites is 1. The predicted octanol–water partition coefficient (Wildman–Crippen LogP) is 6.61. The van der Waals surface area contributed by atoms with Gasteiger partial charge in [0, 0.05) is 0 Å². The zero-order valence-corrected chi connectivity index (χ0v) is 19.3. The first-order chi connectivity index (χ1) is 15.0. The van der Waals surface area contributed by atoms with E-state index in [-0.39, 0.29) is 12.4 Å². The summed E-state index contributed by atoms with van der Waals surface area (Å²) in [6.07, 6.45) is 12.0. The van der Waals surface area contributed by atoms with E-state index < -0.39 is 5.63 Å². The Hall–Kier alpha value is -2.95. The molecule has 0 spiro atoms. The van der Waals surface area contributed by atoms with Crippen LogP contribution in [0.4, 0.5) is 0 Å². The van der Waals surface area contributed by atoms with E-state index in [1.807, 2.05) is 18.2 Å². The number of rotatable bonds is 12. The summed E-state index contributed by atoms with van der Waals surface area (Å²) < 4.78 is 22.7. The molecule has 0 amide bonds.